The summed E-state index contributed by atoms with van der Waals surface area (Å²) in [4.78, 5) is 37.1. The number of allylic oxidation sites excluding steroid dienone is 3. The Kier molecular flexibility index (Phi) is 4.37. The second-order valence-corrected chi connectivity index (χ2v) is 7.07. The first-order valence-corrected chi connectivity index (χ1v) is 6.72. The molecule has 0 radical (unpaired) electrons. The van der Waals surface area contributed by atoms with Gasteiger partial charge in [-0.3, -0.25) is 14.4 Å². The van der Waals surface area contributed by atoms with Crippen molar-refractivity contribution in [3.8, 4) is 0 Å². The fourth-order valence-corrected chi connectivity index (χ4v) is 1.73. The second-order valence-electron chi connectivity index (χ2n) is 7.07. The third kappa shape index (κ3) is 3.89. The average molecular weight is 277 g/mol. The van der Waals surface area contributed by atoms with E-state index in [1.165, 1.54) is 12.2 Å². The maximum atomic E-state index is 11.9. The summed E-state index contributed by atoms with van der Waals surface area (Å²) in [5, 5.41) is 0. The van der Waals surface area contributed by atoms with Crippen molar-refractivity contribution in [3.63, 3.8) is 0 Å². The van der Waals surface area contributed by atoms with E-state index in [0.29, 0.717) is 5.57 Å². The lowest BCUT2D eigenvalue weighted by Gasteiger charge is -2.35. The summed E-state index contributed by atoms with van der Waals surface area (Å²) >= 11 is 0. The van der Waals surface area contributed by atoms with Crippen LogP contribution in [-0.2, 0) is 14.4 Å². The van der Waals surface area contributed by atoms with Gasteiger partial charge in [0.15, 0.2) is 11.6 Å². The predicted octanol–water partition coefficient (Wildman–Crippen LogP) is 2.64. The van der Waals surface area contributed by atoms with Crippen molar-refractivity contribution in [3.05, 3.63) is 23.9 Å². The molecule has 1 aliphatic rings. The lowest BCUT2D eigenvalue weighted by molar-refractivity contribution is -0.136. The molecular weight excluding hydrogens is 254 g/mol. The molecule has 0 atom stereocenters. The zero-order valence-electron chi connectivity index (χ0n) is 13.1. The quantitative estimate of drug-likeness (QED) is 0.576. The molecule has 0 aromatic heterocycles. The van der Waals surface area contributed by atoms with Crippen LogP contribution in [0, 0.1) is 5.41 Å². The van der Waals surface area contributed by atoms with Crippen LogP contribution in [0.3, 0.4) is 0 Å². The van der Waals surface area contributed by atoms with Crippen LogP contribution in [0.1, 0.15) is 48.0 Å². The van der Waals surface area contributed by atoms with E-state index in [1.54, 1.807) is 11.1 Å². The standard InChI is InChI=1S/C16H23NO3/c1-15(2,3)13(19)8-7-11-10-17(16(4,5)6)14(20)9-12(11)18/h7-8,10H,9H2,1-6H3/b8-7+. The highest BCUT2D eigenvalue weighted by atomic mass is 16.2. The van der Waals surface area contributed by atoms with Gasteiger partial charge in [-0.05, 0) is 32.9 Å². The number of hydrogen-bond acceptors (Lipinski definition) is 3. The van der Waals surface area contributed by atoms with Crippen LogP contribution < -0.4 is 0 Å². The maximum Gasteiger partial charge on any atom is 0.234 e. The minimum absolute atomic E-state index is 0.0505. The molecule has 1 aliphatic heterocycles. The Morgan fingerprint density at radius 3 is 2.15 bits per heavy atom. The summed E-state index contributed by atoms with van der Waals surface area (Å²) in [5.41, 5.74) is -0.462. The molecule has 0 saturated heterocycles. The number of carbonyl (C=O) groups is 3. The van der Waals surface area contributed by atoms with Gasteiger partial charge in [0, 0.05) is 22.7 Å². The van der Waals surface area contributed by atoms with Gasteiger partial charge >= 0.3 is 0 Å². The molecule has 0 N–H and O–H groups in total. The summed E-state index contributed by atoms with van der Waals surface area (Å²) in [6.45, 7) is 11.2. The Morgan fingerprint density at radius 2 is 1.70 bits per heavy atom. The minimum Gasteiger partial charge on any atom is -0.313 e. The summed E-state index contributed by atoms with van der Waals surface area (Å²) in [6, 6.07) is 0. The van der Waals surface area contributed by atoms with Crippen LogP contribution in [0.15, 0.2) is 23.9 Å². The normalized spacial score (nSPS) is 17.7. The highest BCUT2D eigenvalue weighted by Gasteiger charge is 2.31. The van der Waals surface area contributed by atoms with Crippen molar-refractivity contribution in [2.24, 2.45) is 5.41 Å². The summed E-state index contributed by atoms with van der Waals surface area (Å²) in [5.74, 6) is -0.499. The van der Waals surface area contributed by atoms with Crippen LogP contribution in [0.2, 0.25) is 0 Å². The number of hydrogen-bond donors (Lipinski definition) is 0. The molecule has 4 heteroatoms. The molecule has 0 bridgehead atoms. The zero-order valence-corrected chi connectivity index (χ0v) is 13.1. The smallest absolute Gasteiger partial charge is 0.234 e. The third-order valence-electron chi connectivity index (χ3n) is 3.05. The molecule has 20 heavy (non-hydrogen) atoms. The number of nitrogens with zero attached hydrogens (tertiary/aromatic N) is 1. The van der Waals surface area contributed by atoms with Gasteiger partial charge in [-0.15, -0.1) is 0 Å². The van der Waals surface area contributed by atoms with Gasteiger partial charge < -0.3 is 4.90 Å². The van der Waals surface area contributed by atoms with Gasteiger partial charge in [-0.1, -0.05) is 20.8 Å². The Balaban J connectivity index is 3.04. The molecule has 1 heterocycles. The number of amides is 1. The van der Waals surface area contributed by atoms with Gasteiger partial charge in [0.25, 0.3) is 0 Å². The van der Waals surface area contributed by atoms with Crippen LogP contribution in [0.5, 0.6) is 0 Å². The SMILES string of the molecule is CC(C)(C)C(=O)/C=C/C1=CN(C(C)(C)C)C(=O)CC1=O. The number of carbonyl (C=O) groups excluding carboxylic acids is 3. The Bertz CT molecular complexity index is 499. The van der Waals surface area contributed by atoms with Crippen molar-refractivity contribution in [2.75, 3.05) is 0 Å². The van der Waals surface area contributed by atoms with E-state index in [9.17, 15) is 14.4 Å². The number of Topliss-reactive ketones (excluding diaryl/α,β-unsaturated/α-hetero) is 1. The van der Waals surface area contributed by atoms with Gasteiger partial charge in [-0.2, -0.15) is 0 Å². The largest absolute Gasteiger partial charge is 0.313 e. The van der Waals surface area contributed by atoms with Crippen molar-refractivity contribution in [1.82, 2.24) is 4.90 Å². The van der Waals surface area contributed by atoms with E-state index in [0.717, 1.165) is 0 Å². The molecule has 1 rings (SSSR count). The summed E-state index contributed by atoms with van der Waals surface area (Å²) in [6.07, 6.45) is 4.33. The van der Waals surface area contributed by atoms with Crippen molar-refractivity contribution < 1.29 is 14.4 Å². The fourth-order valence-electron chi connectivity index (χ4n) is 1.73. The van der Waals surface area contributed by atoms with E-state index in [-0.39, 0.29) is 29.4 Å². The molecule has 0 spiro atoms. The predicted molar refractivity (Wildman–Crippen MR) is 77.9 cm³/mol. The summed E-state index contributed by atoms with van der Waals surface area (Å²) < 4.78 is 0. The van der Waals surface area contributed by atoms with Crippen LogP contribution in [0.25, 0.3) is 0 Å². The van der Waals surface area contributed by atoms with Gasteiger partial charge in [0.2, 0.25) is 5.91 Å². The molecule has 4 nitrogen and oxygen atoms in total. The molecule has 110 valence electrons. The molecule has 0 saturated carbocycles. The van der Waals surface area contributed by atoms with Crippen LogP contribution in [0.4, 0.5) is 0 Å². The molecule has 0 aromatic rings. The maximum absolute atomic E-state index is 11.9. The Morgan fingerprint density at radius 1 is 1.15 bits per heavy atom. The molecule has 0 fully saturated rings. The van der Waals surface area contributed by atoms with Crippen LogP contribution in [-0.4, -0.2) is 27.9 Å². The molecule has 0 unspecified atom stereocenters. The molecule has 1 amide bonds. The van der Waals surface area contributed by atoms with Gasteiger partial charge in [-0.25, -0.2) is 0 Å². The van der Waals surface area contributed by atoms with E-state index >= 15 is 0 Å². The lowest BCUT2D eigenvalue weighted by atomic mass is 9.90. The van der Waals surface area contributed by atoms with E-state index in [1.807, 2.05) is 41.5 Å². The van der Waals surface area contributed by atoms with E-state index < -0.39 is 5.41 Å². The first-order valence-electron chi connectivity index (χ1n) is 6.72. The third-order valence-corrected chi connectivity index (χ3v) is 3.05. The minimum atomic E-state index is -0.478. The molecular formula is C16H23NO3. The first kappa shape index (κ1) is 16.3. The Hall–Kier alpha value is -1.71. The van der Waals surface area contributed by atoms with Gasteiger partial charge in [0.05, 0.1) is 6.42 Å². The van der Waals surface area contributed by atoms with Crippen molar-refractivity contribution in [1.29, 1.82) is 0 Å². The van der Waals surface area contributed by atoms with E-state index in [4.69, 9.17) is 0 Å². The van der Waals surface area contributed by atoms with Crippen LogP contribution >= 0.6 is 0 Å². The second kappa shape index (κ2) is 5.35. The monoisotopic (exact) mass is 277 g/mol. The average Bonchev–Trinajstić information content (AvgIpc) is 2.24. The zero-order chi connectivity index (χ0) is 15.7. The number of ketones is 2. The lowest BCUT2D eigenvalue weighted by Crippen LogP contribution is -2.45. The van der Waals surface area contributed by atoms with Crippen molar-refractivity contribution >= 4 is 17.5 Å². The first-order chi connectivity index (χ1) is 8.93. The topological polar surface area (TPSA) is 54.5 Å². The van der Waals surface area contributed by atoms with E-state index in [2.05, 4.69) is 0 Å². The Labute approximate surface area is 120 Å². The molecule has 0 aliphatic carbocycles. The number of rotatable bonds is 2. The van der Waals surface area contributed by atoms with Crippen molar-refractivity contribution in [2.45, 2.75) is 53.5 Å². The highest BCUT2D eigenvalue weighted by molar-refractivity contribution is 6.12. The summed E-state index contributed by atoms with van der Waals surface area (Å²) in [7, 11) is 0. The fraction of sp³-hybridized carbons (Fsp3) is 0.562. The van der Waals surface area contributed by atoms with Gasteiger partial charge in [0.1, 0.15) is 0 Å². The molecule has 0 aromatic carbocycles. The highest BCUT2D eigenvalue weighted by Crippen LogP contribution is 2.23.